The molecule has 0 aromatic carbocycles. The molecule has 0 amide bonds. The van der Waals surface area contributed by atoms with Gasteiger partial charge < -0.3 is 14.6 Å². The van der Waals surface area contributed by atoms with Crippen LogP contribution in [0.1, 0.15) is 64.7 Å². The molecular formula is C21H28O6. The summed E-state index contributed by atoms with van der Waals surface area (Å²) in [7, 11) is 0. The van der Waals surface area contributed by atoms with E-state index in [2.05, 4.69) is 0 Å². The van der Waals surface area contributed by atoms with Crippen LogP contribution in [0.25, 0.3) is 0 Å². The van der Waals surface area contributed by atoms with Crippen LogP contribution in [0.5, 0.6) is 0 Å². The van der Waals surface area contributed by atoms with Crippen molar-refractivity contribution in [3.8, 4) is 0 Å². The van der Waals surface area contributed by atoms with Gasteiger partial charge in [0.15, 0.2) is 0 Å². The molecule has 0 aliphatic heterocycles. The van der Waals surface area contributed by atoms with Gasteiger partial charge in [-0.3, -0.25) is 14.4 Å². The number of hydrogen-bond acceptors (Lipinski definition) is 5. The van der Waals surface area contributed by atoms with E-state index in [0.717, 1.165) is 32.1 Å². The van der Waals surface area contributed by atoms with Crippen molar-refractivity contribution in [3.63, 3.8) is 0 Å². The third kappa shape index (κ3) is 2.47. The largest absolute Gasteiger partial charge is 0.481 e. The molecule has 4 bridgehead atoms. The van der Waals surface area contributed by atoms with Crippen LogP contribution in [-0.4, -0.2) is 29.3 Å². The number of fused-ring (bicyclic) bond motifs is 1. The molecule has 27 heavy (non-hydrogen) atoms. The first kappa shape index (κ1) is 17.5. The summed E-state index contributed by atoms with van der Waals surface area (Å²) in [6, 6.07) is 0. The number of carbonyl (C=O) groups is 3. The van der Waals surface area contributed by atoms with Gasteiger partial charge in [0.25, 0.3) is 0 Å². The highest BCUT2D eigenvalue weighted by molar-refractivity contribution is 5.92. The van der Waals surface area contributed by atoms with Crippen LogP contribution in [-0.2, 0) is 23.9 Å². The van der Waals surface area contributed by atoms with Crippen LogP contribution in [0, 0.1) is 40.4 Å². The molecule has 0 aromatic heterocycles. The van der Waals surface area contributed by atoms with E-state index in [1.807, 2.05) is 0 Å². The van der Waals surface area contributed by atoms with Crippen molar-refractivity contribution in [2.24, 2.45) is 40.4 Å². The highest BCUT2D eigenvalue weighted by Crippen LogP contribution is 2.69. The lowest BCUT2D eigenvalue weighted by Crippen LogP contribution is -2.51. The first-order valence-corrected chi connectivity index (χ1v) is 10.5. The van der Waals surface area contributed by atoms with Crippen LogP contribution < -0.4 is 0 Å². The lowest BCUT2D eigenvalue weighted by atomic mass is 9.49. The summed E-state index contributed by atoms with van der Waals surface area (Å²) in [5, 5.41) is 9.36. The zero-order valence-corrected chi connectivity index (χ0v) is 15.8. The Morgan fingerprint density at radius 1 is 0.963 bits per heavy atom. The molecule has 1 N–H and O–H groups in total. The Kier molecular flexibility index (Phi) is 3.70. The average Bonchev–Trinajstić information content (AvgIpc) is 3.04. The SMILES string of the molecule is C[C@@H](OC(=O)C12CC3CC(CC(C3)C1)C2)OC(=O)[C@@]12CCCC1C2C(=O)O. The summed E-state index contributed by atoms with van der Waals surface area (Å²) >= 11 is 0. The van der Waals surface area contributed by atoms with Gasteiger partial charge in [0, 0.05) is 6.92 Å². The fourth-order valence-electron chi connectivity index (χ4n) is 7.59. The van der Waals surface area contributed by atoms with Crippen LogP contribution in [0.2, 0.25) is 0 Å². The predicted molar refractivity (Wildman–Crippen MR) is 93.2 cm³/mol. The van der Waals surface area contributed by atoms with Gasteiger partial charge in [-0.25, -0.2) is 0 Å². The van der Waals surface area contributed by atoms with E-state index in [-0.39, 0.29) is 17.3 Å². The molecule has 6 saturated carbocycles. The van der Waals surface area contributed by atoms with Gasteiger partial charge in [-0.05, 0) is 75.0 Å². The summed E-state index contributed by atoms with van der Waals surface area (Å²) < 4.78 is 11.0. The number of carboxylic acids is 1. The van der Waals surface area contributed by atoms with Gasteiger partial charge in [0.05, 0.1) is 16.7 Å². The Labute approximate surface area is 159 Å². The standard InChI is InChI=1S/C21H28O6/c1-11(27-19(25)21-4-2-3-15(21)16(21)17(22)23)26-18(24)20-8-12-5-13(9-20)7-14(6-12)10-20/h11-16H,2-10H2,1H3,(H,22,23)/t11-,12?,13?,14?,15?,16?,20?,21-/m0/s1. The van der Waals surface area contributed by atoms with E-state index in [9.17, 15) is 19.5 Å². The zero-order chi connectivity index (χ0) is 19.0. The number of esters is 2. The van der Waals surface area contributed by atoms with E-state index in [1.165, 1.54) is 19.3 Å². The average molecular weight is 376 g/mol. The molecule has 0 aromatic rings. The molecule has 6 heteroatoms. The lowest BCUT2D eigenvalue weighted by Gasteiger charge is -2.55. The Bertz CT molecular complexity index is 664. The molecule has 6 nitrogen and oxygen atoms in total. The molecule has 6 rings (SSSR count). The molecule has 6 aliphatic carbocycles. The van der Waals surface area contributed by atoms with Crippen molar-refractivity contribution in [3.05, 3.63) is 0 Å². The van der Waals surface area contributed by atoms with Gasteiger partial charge in [0.2, 0.25) is 6.29 Å². The Morgan fingerprint density at radius 2 is 1.52 bits per heavy atom. The monoisotopic (exact) mass is 376 g/mol. The molecule has 148 valence electrons. The van der Waals surface area contributed by atoms with Gasteiger partial charge in [-0.2, -0.15) is 0 Å². The van der Waals surface area contributed by atoms with Gasteiger partial charge in [-0.1, -0.05) is 6.42 Å². The number of rotatable bonds is 5. The molecule has 6 aliphatic rings. The normalized spacial score (nSPS) is 47.2. The van der Waals surface area contributed by atoms with E-state index >= 15 is 0 Å². The summed E-state index contributed by atoms with van der Waals surface area (Å²) in [5.41, 5.74) is -1.26. The third-order valence-corrected chi connectivity index (χ3v) is 8.28. The Morgan fingerprint density at radius 3 is 2.04 bits per heavy atom. The van der Waals surface area contributed by atoms with E-state index in [1.54, 1.807) is 6.92 Å². The number of carboxylic acid groups (broad SMARTS) is 1. The zero-order valence-electron chi connectivity index (χ0n) is 15.8. The molecule has 6 fully saturated rings. The second kappa shape index (κ2) is 5.71. The highest BCUT2D eigenvalue weighted by Gasteiger charge is 2.75. The van der Waals surface area contributed by atoms with Gasteiger partial charge in [-0.15, -0.1) is 0 Å². The van der Waals surface area contributed by atoms with Crippen molar-refractivity contribution in [1.29, 1.82) is 0 Å². The van der Waals surface area contributed by atoms with E-state index < -0.39 is 29.6 Å². The smallest absolute Gasteiger partial charge is 0.316 e. The topological polar surface area (TPSA) is 89.9 Å². The highest BCUT2D eigenvalue weighted by atomic mass is 16.7. The molecule has 0 spiro atoms. The summed E-state index contributed by atoms with van der Waals surface area (Å²) in [6.07, 6.45) is 7.68. The maximum absolute atomic E-state index is 13.0. The molecule has 0 saturated heterocycles. The fraction of sp³-hybridized carbons (Fsp3) is 0.857. The molecular weight excluding hydrogens is 348 g/mol. The van der Waals surface area contributed by atoms with Crippen molar-refractivity contribution < 1.29 is 29.0 Å². The minimum atomic E-state index is -0.955. The van der Waals surface area contributed by atoms with Crippen molar-refractivity contribution in [2.45, 2.75) is 71.0 Å². The summed E-state index contributed by atoms with van der Waals surface area (Å²) in [4.78, 5) is 37.1. The van der Waals surface area contributed by atoms with Crippen LogP contribution in [0.3, 0.4) is 0 Å². The van der Waals surface area contributed by atoms with E-state index in [4.69, 9.17) is 9.47 Å². The molecule has 4 atom stereocenters. The minimum absolute atomic E-state index is 0.117. The quantitative estimate of drug-likeness (QED) is 0.586. The van der Waals surface area contributed by atoms with Gasteiger partial charge in [0.1, 0.15) is 0 Å². The summed E-state index contributed by atoms with van der Waals surface area (Å²) in [6.45, 7) is 1.58. The number of carbonyl (C=O) groups excluding carboxylic acids is 2. The minimum Gasteiger partial charge on any atom is -0.481 e. The second-order valence-corrected chi connectivity index (χ2v) is 9.93. The Balaban J connectivity index is 1.23. The first-order valence-electron chi connectivity index (χ1n) is 10.5. The number of aliphatic carboxylic acids is 1. The predicted octanol–water partition coefficient (Wildman–Crippen LogP) is 3.14. The first-order chi connectivity index (χ1) is 12.8. The van der Waals surface area contributed by atoms with Crippen LogP contribution in [0.15, 0.2) is 0 Å². The Hall–Kier alpha value is -1.59. The molecule has 0 radical (unpaired) electrons. The maximum atomic E-state index is 13.0. The lowest BCUT2D eigenvalue weighted by molar-refractivity contribution is -0.204. The molecule has 0 heterocycles. The van der Waals surface area contributed by atoms with Crippen LogP contribution >= 0.6 is 0 Å². The number of ether oxygens (including phenoxy) is 2. The van der Waals surface area contributed by atoms with Crippen LogP contribution in [0.4, 0.5) is 0 Å². The fourth-order valence-corrected chi connectivity index (χ4v) is 7.59. The summed E-state index contributed by atoms with van der Waals surface area (Å²) in [5.74, 6) is -0.461. The maximum Gasteiger partial charge on any atom is 0.316 e. The van der Waals surface area contributed by atoms with E-state index in [0.29, 0.717) is 24.2 Å². The van der Waals surface area contributed by atoms with Gasteiger partial charge >= 0.3 is 17.9 Å². The van der Waals surface area contributed by atoms with Crippen molar-refractivity contribution in [2.75, 3.05) is 0 Å². The van der Waals surface area contributed by atoms with Crippen molar-refractivity contribution in [1.82, 2.24) is 0 Å². The second-order valence-electron chi connectivity index (χ2n) is 9.93. The van der Waals surface area contributed by atoms with Crippen molar-refractivity contribution >= 4 is 17.9 Å². The third-order valence-electron chi connectivity index (χ3n) is 8.28. The molecule has 2 unspecified atom stereocenters. The number of hydrogen-bond donors (Lipinski definition) is 1.